The van der Waals surface area contributed by atoms with E-state index < -0.39 is 5.97 Å². The topological polar surface area (TPSA) is 72.5 Å². The summed E-state index contributed by atoms with van der Waals surface area (Å²) in [6.45, 7) is 8.81. The predicted octanol–water partition coefficient (Wildman–Crippen LogP) is 0.837. The molecule has 0 aliphatic heterocycles. The number of nitrogens with one attached hydrogen (secondary N) is 1. The zero-order valence-electron chi connectivity index (χ0n) is 10.5. The van der Waals surface area contributed by atoms with Gasteiger partial charge in [-0.15, -0.1) is 0 Å². The quantitative estimate of drug-likeness (QED) is 0.407. The number of esters is 1. The molecule has 5 heteroatoms. The van der Waals surface area contributed by atoms with Crippen molar-refractivity contribution in [2.45, 2.75) is 27.2 Å². The molecule has 1 amide bonds. The third kappa shape index (κ3) is 8.19. The van der Waals surface area contributed by atoms with Crippen LogP contribution in [0.2, 0.25) is 0 Å². The molecule has 0 radical (unpaired) electrons. The SMILES string of the molecule is C=C(C)C(=O)OCC(C)CNC(=O)CC(C)=O. The Kier molecular flexibility index (Phi) is 6.86. The number of amides is 1. The molecular weight excluding hydrogens is 222 g/mol. The fourth-order valence-corrected chi connectivity index (χ4v) is 0.977. The molecule has 0 fully saturated rings. The van der Waals surface area contributed by atoms with Gasteiger partial charge in [0.2, 0.25) is 5.91 Å². The fourth-order valence-electron chi connectivity index (χ4n) is 0.977. The van der Waals surface area contributed by atoms with E-state index in [4.69, 9.17) is 4.74 Å². The average molecular weight is 241 g/mol. The first kappa shape index (κ1) is 15.3. The summed E-state index contributed by atoms with van der Waals surface area (Å²) >= 11 is 0. The molecule has 1 atom stereocenters. The smallest absolute Gasteiger partial charge is 0.333 e. The highest BCUT2D eigenvalue weighted by Crippen LogP contribution is 1.98. The van der Waals surface area contributed by atoms with Crippen LogP contribution in [0.3, 0.4) is 0 Å². The van der Waals surface area contributed by atoms with Crippen molar-refractivity contribution in [2.75, 3.05) is 13.2 Å². The average Bonchev–Trinajstić information content (AvgIpc) is 2.21. The number of rotatable bonds is 7. The van der Waals surface area contributed by atoms with Crippen molar-refractivity contribution >= 4 is 17.7 Å². The van der Waals surface area contributed by atoms with Crippen molar-refractivity contribution in [3.05, 3.63) is 12.2 Å². The molecular formula is C12H19NO4. The second-order valence-corrected chi connectivity index (χ2v) is 4.17. The second-order valence-electron chi connectivity index (χ2n) is 4.17. The normalized spacial score (nSPS) is 11.5. The minimum atomic E-state index is -0.438. The minimum Gasteiger partial charge on any atom is -0.462 e. The number of carbonyl (C=O) groups excluding carboxylic acids is 3. The van der Waals surface area contributed by atoms with Gasteiger partial charge in [0.25, 0.3) is 0 Å². The molecule has 96 valence electrons. The molecule has 0 aliphatic rings. The Balaban J connectivity index is 3.76. The molecule has 0 spiro atoms. The maximum absolute atomic E-state index is 11.2. The lowest BCUT2D eigenvalue weighted by molar-refractivity contribution is -0.140. The Bertz CT molecular complexity index is 322. The highest BCUT2D eigenvalue weighted by atomic mass is 16.5. The summed E-state index contributed by atoms with van der Waals surface area (Å²) in [5, 5.41) is 2.59. The van der Waals surface area contributed by atoms with Gasteiger partial charge >= 0.3 is 5.97 Å². The Hall–Kier alpha value is -1.65. The monoisotopic (exact) mass is 241 g/mol. The van der Waals surface area contributed by atoms with Crippen LogP contribution in [0.25, 0.3) is 0 Å². The first-order chi connectivity index (χ1) is 7.82. The second kappa shape index (κ2) is 7.60. The first-order valence-corrected chi connectivity index (χ1v) is 5.41. The molecule has 0 aromatic carbocycles. The summed E-state index contributed by atoms with van der Waals surface area (Å²) in [5.41, 5.74) is 0.345. The molecule has 0 aromatic rings. The third-order valence-electron chi connectivity index (χ3n) is 1.90. The lowest BCUT2D eigenvalue weighted by atomic mass is 10.2. The van der Waals surface area contributed by atoms with E-state index >= 15 is 0 Å². The van der Waals surface area contributed by atoms with Crippen molar-refractivity contribution in [2.24, 2.45) is 5.92 Å². The van der Waals surface area contributed by atoms with Crippen LogP contribution in [-0.2, 0) is 19.1 Å². The van der Waals surface area contributed by atoms with Crippen molar-refractivity contribution in [1.82, 2.24) is 5.32 Å². The molecule has 5 nitrogen and oxygen atoms in total. The number of ether oxygens (including phenoxy) is 1. The summed E-state index contributed by atoms with van der Waals surface area (Å²) in [6.07, 6.45) is -0.113. The van der Waals surface area contributed by atoms with Gasteiger partial charge in [-0.3, -0.25) is 9.59 Å². The van der Waals surface area contributed by atoms with Gasteiger partial charge in [0.1, 0.15) is 5.78 Å². The Morgan fingerprint density at radius 2 is 1.88 bits per heavy atom. The Labute approximate surface area is 101 Å². The summed E-state index contributed by atoms with van der Waals surface area (Å²) < 4.78 is 4.92. The molecule has 0 heterocycles. The summed E-state index contributed by atoms with van der Waals surface area (Å²) in [5.74, 6) is -0.930. The van der Waals surface area contributed by atoms with E-state index in [0.717, 1.165) is 0 Å². The Morgan fingerprint density at radius 3 is 2.35 bits per heavy atom. The van der Waals surface area contributed by atoms with Crippen LogP contribution in [0.5, 0.6) is 0 Å². The van der Waals surface area contributed by atoms with Gasteiger partial charge in [-0.2, -0.15) is 0 Å². The lowest BCUT2D eigenvalue weighted by Crippen LogP contribution is -2.31. The van der Waals surface area contributed by atoms with Crippen molar-refractivity contribution < 1.29 is 19.1 Å². The highest BCUT2D eigenvalue weighted by molar-refractivity contribution is 5.96. The molecule has 1 unspecified atom stereocenters. The highest BCUT2D eigenvalue weighted by Gasteiger charge is 2.10. The van der Waals surface area contributed by atoms with E-state index in [1.54, 1.807) is 6.92 Å². The fraction of sp³-hybridized carbons (Fsp3) is 0.583. The third-order valence-corrected chi connectivity index (χ3v) is 1.90. The van der Waals surface area contributed by atoms with Crippen LogP contribution >= 0.6 is 0 Å². The summed E-state index contributed by atoms with van der Waals surface area (Å²) in [7, 11) is 0. The number of hydrogen-bond donors (Lipinski definition) is 1. The van der Waals surface area contributed by atoms with Gasteiger partial charge in [-0.1, -0.05) is 13.5 Å². The standard InChI is InChI=1S/C12H19NO4/c1-8(2)12(16)17-7-9(3)6-13-11(15)5-10(4)14/h9H,1,5-7H2,2-4H3,(H,13,15). The zero-order valence-corrected chi connectivity index (χ0v) is 10.5. The van der Waals surface area contributed by atoms with Gasteiger partial charge in [0.15, 0.2) is 0 Å². The number of ketones is 1. The van der Waals surface area contributed by atoms with Crippen molar-refractivity contribution in [1.29, 1.82) is 0 Å². The zero-order chi connectivity index (χ0) is 13.4. The molecule has 0 saturated heterocycles. The van der Waals surface area contributed by atoms with Crippen molar-refractivity contribution in [3.8, 4) is 0 Å². The summed E-state index contributed by atoms with van der Waals surface area (Å²) in [6, 6.07) is 0. The number of Topliss-reactive ketones (excluding diaryl/α,β-unsaturated/α-hetero) is 1. The van der Waals surface area contributed by atoms with E-state index in [9.17, 15) is 14.4 Å². The maximum Gasteiger partial charge on any atom is 0.333 e. The van der Waals surface area contributed by atoms with Gasteiger partial charge in [-0.25, -0.2) is 4.79 Å². The van der Waals surface area contributed by atoms with Crippen LogP contribution in [0.15, 0.2) is 12.2 Å². The molecule has 0 aromatic heterocycles. The van der Waals surface area contributed by atoms with E-state index in [0.29, 0.717) is 12.1 Å². The van der Waals surface area contributed by atoms with Crippen molar-refractivity contribution in [3.63, 3.8) is 0 Å². The minimum absolute atomic E-state index is 0.00536. The number of hydrogen-bond acceptors (Lipinski definition) is 4. The first-order valence-electron chi connectivity index (χ1n) is 5.41. The lowest BCUT2D eigenvalue weighted by Gasteiger charge is -2.12. The van der Waals surface area contributed by atoms with Gasteiger partial charge in [0.05, 0.1) is 13.0 Å². The van der Waals surface area contributed by atoms with Crippen LogP contribution in [0.1, 0.15) is 27.2 Å². The molecule has 0 rings (SSSR count). The van der Waals surface area contributed by atoms with E-state index in [-0.39, 0.29) is 30.6 Å². The largest absolute Gasteiger partial charge is 0.462 e. The van der Waals surface area contributed by atoms with Crippen LogP contribution < -0.4 is 5.32 Å². The van der Waals surface area contributed by atoms with Gasteiger partial charge in [0, 0.05) is 18.0 Å². The van der Waals surface area contributed by atoms with Crippen LogP contribution in [0.4, 0.5) is 0 Å². The van der Waals surface area contributed by atoms with Crippen LogP contribution in [-0.4, -0.2) is 30.8 Å². The molecule has 17 heavy (non-hydrogen) atoms. The number of carbonyl (C=O) groups is 3. The summed E-state index contributed by atoms with van der Waals surface area (Å²) in [4.78, 5) is 32.9. The predicted molar refractivity (Wildman–Crippen MR) is 63.2 cm³/mol. The Morgan fingerprint density at radius 1 is 1.29 bits per heavy atom. The van der Waals surface area contributed by atoms with Gasteiger partial charge in [-0.05, 0) is 13.8 Å². The van der Waals surface area contributed by atoms with E-state index in [1.807, 2.05) is 6.92 Å². The van der Waals surface area contributed by atoms with Crippen LogP contribution in [0, 0.1) is 5.92 Å². The maximum atomic E-state index is 11.2. The van der Waals surface area contributed by atoms with E-state index in [1.165, 1.54) is 6.92 Å². The molecule has 1 N–H and O–H groups in total. The molecule has 0 saturated carbocycles. The molecule has 0 aliphatic carbocycles. The van der Waals surface area contributed by atoms with E-state index in [2.05, 4.69) is 11.9 Å². The van der Waals surface area contributed by atoms with Gasteiger partial charge < -0.3 is 10.1 Å². The molecule has 0 bridgehead atoms.